The van der Waals surface area contributed by atoms with Gasteiger partial charge in [0.25, 0.3) is 0 Å². The van der Waals surface area contributed by atoms with Gasteiger partial charge in [0.1, 0.15) is 5.82 Å². The molecular weight excluding hydrogens is 290 g/mol. The van der Waals surface area contributed by atoms with Crippen LogP contribution in [0.4, 0.5) is 0 Å². The van der Waals surface area contributed by atoms with E-state index in [0.717, 1.165) is 11.0 Å². The molecule has 4 aromatic rings. The molecule has 0 aliphatic rings. The Labute approximate surface area is 133 Å². The van der Waals surface area contributed by atoms with Crippen molar-refractivity contribution in [3.63, 3.8) is 0 Å². The van der Waals surface area contributed by atoms with E-state index >= 15 is 0 Å². The highest BCUT2D eigenvalue weighted by molar-refractivity contribution is 6.07. The van der Waals surface area contributed by atoms with Gasteiger partial charge < -0.3 is 9.67 Å². The lowest BCUT2D eigenvalue weighted by Gasteiger charge is -2.14. The molecule has 0 saturated heterocycles. The van der Waals surface area contributed by atoms with Crippen molar-refractivity contribution in [3.8, 4) is 0 Å². The summed E-state index contributed by atoms with van der Waals surface area (Å²) >= 11 is 0. The summed E-state index contributed by atoms with van der Waals surface area (Å²) in [5.41, 5.74) is 2.25. The number of rotatable bonds is 4. The Kier molecular flexibility index (Phi) is 3.31. The number of hydrogen-bond acceptors (Lipinski definition) is 4. The Morgan fingerprint density at radius 2 is 1.57 bits per heavy atom. The van der Waals surface area contributed by atoms with Crippen LogP contribution in [0.25, 0.3) is 21.8 Å². The Balaban J connectivity index is 1.74. The first kappa shape index (κ1) is 13.9. The summed E-state index contributed by atoms with van der Waals surface area (Å²) in [6, 6.07) is 16.5. The summed E-state index contributed by atoms with van der Waals surface area (Å²) < 4.78 is 3.79. The summed E-state index contributed by atoms with van der Waals surface area (Å²) in [6.45, 7) is 2.69. The van der Waals surface area contributed by atoms with Gasteiger partial charge in [-0.15, -0.1) is 5.10 Å². The monoisotopic (exact) mass is 307 g/mol. The van der Waals surface area contributed by atoms with Gasteiger partial charge in [0.2, 0.25) is 0 Å². The maximum atomic E-state index is 10.5. The molecule has 6 nitrogen and oxygen atoms in total. The predicted molar refractivity (Wildman–Crippen MR) is 88.0 cm³/mol. The SMILES string of the molecule is Cc1nnnn1C[C@@H](O)Cn1c2ccccc2c2ccccc21. The first-order valence-electron chi connectivity index (χ1n) is 7.61. The number of aromatic nitrogens is 5. The third-order valence-corrected chi connectivity index (χ3v) is 4.17. The zero-order valence-electron chi connectivity index (χ0n) is 12.8. The zero-order valence-corrected chi connectivity index (χ0v) is 12.8. The highest BCUT2D eigenvalue weighted by atomic mass is 16.3. The maximum absolute atomic E-state index is 10.5. The standard InChI is InChI=1S/C17H17N5O/c1-12-18-19-20-22(12)11-13(23)10-21-16-8-4-2-6-14(16)15-7-3-5-9-17(15)21/h2-9,13,23H,10-11H2,1H3/t13-/m0/s1. The van der Waals surface area contributed by atoms with E-state index in [1.54, 1.807) is 4.68 Å². The molecule has 0 saturated carbocycles. The minimum Gasteiger partial charge on any atom is -0.389 e. The van der Waals surface area contributed by atoms with E-state index in [9.17, 15) is 5.11 Å². The molecule has 0 unspecified atom stereocenters. The van der Waals surface area contributed by atoms with Crippen LogP contribution in [0.1, 0.15) is 5.82 Å². The van der Waals surface area contributed by atoms with Crippen LogP contribution in [0.15, 0.2) is 48.5 Å². The fourth-order valence-electron chi connectivity index (χ4n) is 3.09. The molecule has 0 spiro atoms. The van der Waals surface area contributed by atoms with Gasteiger partial charge in [0.05, 0.1) is 19.2 Å². The fourth-order valence-corrected chi connectivity index (χ4v) is 3.09. The molecule has 2 aromatic heterocycles. The summed E-state index contributed by atoms with van der Waals surface area (Å²) in [4.78, 5) is 0. The van der Waals surface area contributed by atoms with E-state index < -0.39 is 6.10 Å². The first-order valence-corrected chi connectivity index (χ1v) is 7.61. The summed E-state index contributed by atoms with van der Waals surface area (Å²) in [5, 5.41) is 24.3. The summed E-state index contributed by atoms with van der Waals surface area (Å²) in [6.07, 6.45) is -0.573. The van der Waals surface area contributed by atoms with E-state index in [4.69, 9.17) is 0 Å². The topological polar surface area (TPSA) is 68.8 Å². The molecule has 0 fully saturated rings. The first-order chi connectivity index (χ1) is 11.2. The van der Waals surface area contributed by atoms with Crippen LogP contribution in [-0.2, 0) is 13.1 Å². The second kappa shape index (κ2) is 5.48. The van der Waals surface area contributed by atoms with E-state index in [1.807, 2.05) is 31.2 Å². The Bertz CT molecular complexity index is 918. The van der Waals surface area contributed by atoms with Crippen LogP contribution in [-0.4, -0.2) is 36.0 Å². The van der Waals surface area contributed by atoms with Crippen LogP contribution in [0.3, 0.4) is 0 Å². The van der Waals surface area contributed by atoms with Gasteiger partial charge in [-0.3, -0.25) is 0 Å². The summed E-state index contributed by atoms with van der Waals surface area (Å²) in [7, 11) is 0. The average Bonchev–Trinajstić information content (AvgIpc) is 3.11. The number of aliphatic hydroxyl groups is 1. The molecular formula is C17H17N5O. The Morgan fingerprint density at radius 3 is 2.13 bits per heavy atom. The highest BCUT2D eigenvalue weighted by Gasteiger charge is 2.14. The Hall–Kier alpha value is -2.73. The fraction of sp³-hybridized carbons (Fsp3) is 0.235. The largest absolute Gasteiger partial charge is 0.389 e. The third kappa shape index (κ3) is 2.37. The second-order valence-electron chi connectivity index (χ2n) is 5.71. The predicted octanol–water partition coefficient (Wildman–Crippen LogP) is 2.15. The minimum absolute atomic E-state index is 0.375. The number of aryl methyl sites for hydroxylation is 1. The maximum Gasteiger partial charge on any atom is 0.148 e. The van der Waals surface area contributed by atoms with Crippen molar-refractivity contribution in [3.05, 3.63) is 54.4 Å². The van der Waals surface area contributed by atoms with Crippen LogP contribution < -0.4 is 0 Å². The van der Waals surface area contributed by atoms with Crippen molar-refractivity contribution >= 4 is 21.8 Å². The lowest BCUT2D eigenvalue weighted by atomic mass is 10.2. The number of para-hydroxylation sites is 2. The molecule has 0 aliphatic carbocycles. The van der Waals surface area contributed by atoms with Gasteiger partial charge in [-0.1, -0.05) is 36.4 Å². The van der Waals surface area contributed by atoms with Crippen molar-refractivity contribution in [2.24, 2.45) is 0 Å². The van der Waals surface area contributed by atoms with Crippen molar-refractivity contribution in [1.82, 2.24) is 24.8 Å². The lowest BCUT2D eigenvalue weighted by molar-refractivity contribution is 0.131. The molecule has 1 atom stereocenters. The van der Waals surface area contributed by atoms with Gasteiger partial charge in [-0.05, 0) is 29.5 Å². The third-order valence-electron chi connectivity index (χ3n) is 4.17. The number of hydrogen-bond donors (Lipinski definition) is 1. The molecule has 0 bridgehead atoms. The molecule has 4 rings (SSSR count). The number of benzene rings is 2. The van der Waals surface area contributed by atoms with Crippen molar-refractivity contribution in [2.45, 2.75) is 26.1 Å². The Morgan fingerprint density at radius 1 is 0.957 bits per heavy atom. The van der Waals surface area contributed by atoms with Gasteiger partial charge >= 0.3 is 0 Å². The quantitative estimate of drug-likeness (QED) is 0.627. The number of aliphatic hydroxyl groups excluding tert-OH is 1. The van der Waals surface area contributed by atoms with Gasteiger partial charge in [0, 0.05) is 21.8 Å². The van der Waals surface area contributed by atoms with E-state index in [2.05, 4.69) is 44.4 Å². The molecule has 2 aromatic carbocycles. The van der Waals surface area contributed by atoms with E-state index in [1.165, 1.54) is 10.8 Å². The number of fused-ring (bicyclic) bond motifs is 3. The number of tetrazole rings is 1. The van der Waals surface area contributed by atoms with Crippen LogP contribution in [0.2, 0.25) is 0 Å². The molecule has 0 radical (unpaired) electrons. The molecule has 0 aliphatic heterocycles. The van der Waals surface area contributed by atoms with Crippen molar-refractivity contribution in [2.75, 3.05) is 0 Å². The molecule has 116 valence electrons. The minimum atomic E-state index is -0.573. The molecule has 1 N–H and O–H groups in total. The van der Waals surface area contributed by atoms with Gasteiger partial charge in [-0.2, -0.15) is 0 Å². The second-order valence-corrected chi connectivity index (χ2v) is 5.71. The average molecular weight is 307 g/mol. The lowest BCUT2D eigenvalue weighted by Crippen LogP contribution is -2.23. The van der Waals surface area contributed by atoms with Gasteiger partial charge in [0.15, 0.2) is 0 Å². The smallest absolute Gasteiger partial charge is 0.148 e. The van der Waals surface area contributed by atoms with Gasteiger partial charge in [-0.25, -0.2) is 4.68 Å². The molecule has 0 amide bonds. The van der Waals surface area contributed by atoms with Crippen LogP contribution in [0.5, 0.6) is 0 Å². The molecule has 23 heavy (non-hydrogen) atoms. The van der Waals surface area contributed by atoms with Crippen molar-refractivity contribution < 1.29 is 5.11 Å². The van der Waals surface area contributed by atoms with E-state index in [0.29, 0.717) is 18.9 Å². The van der Waals surface area contributed by atoms with Crippen molar-refractivity contribution in [1.29, 1.82) is 0 Å². The molecule has 2 heterocycles. The normalized spacial score (nSPS) is 13.0. The van der Waals surface area contributed by atoms with E-state index in [-0.39, 0.29) is 0 Å². The van der Waals surface area contributed by atoms with Crippen LogP contribution >= 0.6 is 0 Å². The summed E-state index contributed by atoms with van der Waals surface area (Å²) in [5.74, 6) is 0.700. The number of nitrogens with zero attached hydrogens (tertiary/aromatic N) is 5. The molecule has 6 heteroatoms. The van der Waals surface area contributed by atoms with Crippen LogP contribution in [0, 0.1) is 6.92 Å². The zero-order chi connectivity index (χ0) is 15.8. The highest BCUT2D eigenvalue weighted by Crippen LogP contribution is 2.28.